The van der Waals surface area contributed by atoms with Crippen LogP contribution in [0.4, 0.5) is 0 Å². The van der Waals surface area contributed by atoms with Crippen LogP contribution >= 0.6 is 0 Å². The summed E-state index contributed by atoms with van der Waals surface area (Å²) in [5, 5.41) is 1.91. The van der Waals surface area contributed by atoms with Crippen molar-refractivity contribution in [2.45, 2.75) is 25.7 Å². The first-order chi connectivity index (χ1) is 17.6. The third-order valence-electron chi connectivity index (χ3n) is 6.66. The van der Waals surface area contributed by atoms with Crippen LogP contribution in [0.3, 0.4) is 0 Å². The number of benzene rings is 4. The maximum atomic E-state index is 12.9. The fourth-order valence-corrected chi connectivity index (χ4v) is 4.81. The Bertz CT molecular complexity index is 1360. The Morgan fingerprint density at radius 1 is 0.750 bits per heavy atom. The minimum Gasteiger partial charge on any atom is -0.419 e. The van der Waals surface area contributed by atoms with Gasteiger partial charge < -0.3 is 14.4 Å². The van der Waals surface area contributed by atoms with E-state index >= 15 is 0 Å². The molecule has 0 radical (unpaired) electrons. The van der Waals surface area contributed by atoms with Crippen molar-refractivity contribution in [1.82, 2.24) is 4.90 Å². The summed E-state index contributed by atoms with van der Waals surface area (Å²) in [5.74, 6) is -0.284. The maximum absolute atomic E-state index is 12.9. The van der Waals surface area contributed by atoms with Crippen LogP contribution in [-0.4, -0.2) is 36.5 Å². The third-order valence-corrected chi connectivity index (χ3v) is 6.66. The highest BCUT2D eigenvalue weighted by Gasteiger charge is 2.21. The molecule has 5 rings (SSSR count). The molecule has 4 aromatic rings. The first-order valence-electron chi connectivity index (χ1n) is 12.4. The van der Waals surface area contributed by atoms with Crippen LogP contribution < -0.4 is 9.47 Å². The normalized spacial score (nSPS) is 14.5. The molecule has 1 unspecified atom stereocenters. The van der Waals surface area contributed by atoms with Crippen molar-refractivity contribution in [2.24, 2.45) is 0 Å². The van der Waals surface area contributed by atoms with Gasteiger partial charge in [-0.3, -0.25) is 0 Å². The fourth-order valence-electron chi connectivity index (χ4n) is 4.81. The van der Waals surface area contributed by atoms with Gasteiger partial charge in [0.2, 0.25) is 0 Å². The quantitative estimate of drug-likeness (QED) is 0.224. The summed E-state index contributed by atoms with van der Waals surface area (Å²) >= 11 is 0. The molecule has 1 aliphatic heterocycles. The second-order valence-electron chi connectivity index (χ2n) is 9.29. The standard InChI is InChI=1S/C31H29NO4/c1-22(21-32-17-8-9-18-32)26-16-10-15-25-19-28(35-30(33)23-11-4-2-5-12-23)29(20-27(25)26)36-31(34)24-13-6-3-7-14-24/h2-7,10-16,19-20,22H,8-9,17-18,21H2,1H3. The zero-order valence-electron chi connectivity index (χ0n) is 20.4. The molecule has 1 saturated heterocycles. The number of carbonyl (C=O) groups excluding carboxylic acids is 2. The SMILES string of the molecule is CC(CN1CCCC1)c1cccc2cc(OC(=O)c3ccccc3)c(OC(=O)c3ccccc3)cc12. The van der Waals surface area contributed by atoms with Crippen LogP contribution in [0.25, 0.3) is 10.8 Å². The van der Waals surface area contributed by atoms with Crippen LogP contribution in [0.5, 0.6) is 11.5 Å². The van der Waals surface area contributed by atoms with E-state index in [0.29, 0.717) is 17.0 Å². The zero-order valence-corrected chi connectivity index (χ0v) is 20.4. The van der Waals surface area contributed by atoms with E-state index in [1.165, 1.54) is 18.4 Å². The van der Waals surface area contributed by atoms with Gasteiger partial charge in [0.25, 0.3) is 0 Å². The summed E-state index contributed by atoms with van der Waals surface area (Å²) in [6.07, 6.45) is 2.50. The number of hydrogen-bond donors (Lipinski definition) is 0. The summed E-state index contributed by atoms with van der Waals surface area (Å²) < 4.78 is 11.6. The van der Waals surface area contributed by atoms with Gasteiger partial charge in [-0.05, 0) is 84.6 Å². The molecule has 0 spiro atoms. The van der Waals surface area contributed by atoms with Crippen LogP contribution in [0.15, 0.2) is 91.0 Å². The lowest BCUT2D eigenvalue weighted by molar-refractivity contribution is 0.0683. The summed E-state index contributed by atoms with van der Waals surface area (Å²) in [4.78, 5) is 28.3. The Balaban J connectivity index is 1.52. The predicted octanol–water partition coefficient (Wildman–Crippen LogP) is 6.48. The molecule has 1 fully saturated rings. The van der Waals surface area contributed by atoms with Gasteiger partial charge in [0.05, 0.1) is 11.1 Å². The van der Waals surface area contributed by atoms with Crippen molar-refractivity contribution >= 4 is 22.7 Å². The molecule has 0 amide bonds. The van der Waals surface area contributed by atoms with Gasteiger partial charge >= 0.3 is 11.9 Å². The lowest BCUT2D eigenvalue weighted by atomic mass is 9.94. The van der Waals surface area contributed by atoms with Crippen molar-refractivity contribution in [3.05, 3.63) is 108 Å². The predicted molar refractivity (Wildman–Crippen MR) is 141 cm³/mol. The second-order valence-corrected chi connectivity index (χ2v) is 9.29. The molecule has 0 N–H and O–H groups in total. The Morgan fingerprint density at radius 2 is 1.31 bits per heavy atom. The molecule has 0 aliphatic carbocycles. The van der Waals surface area contributed by atoms with E-state index in [1.54, 1.807) is 54.6 Å². The van der Waals surface area contributed by atoms with Crippen LogP contribution in [0.1, 0.15) is 52.0 Å². The van der Waals surface area contributed by atoms with Gasteiger partial charge in [-0.25, -0.2) is 9.59 Å². The largest absolute Gasteiger partial charge is 0.419 e. The molecule has 0 bridgehead atoms. The van der Waals surface area contributed by atoms with Crippen molar-refractivity contribution in [3.63, 3.8) is 0 Å². The smallest absolute Gasteiger partial charge is 0.343 e. The lowest BCUT2D eigenvalue weighted by Crippen LogP contribution is -2.24. The summed E-state index contributed by atoms with van der Waals surface area (Å²) in [6.45, 7) is 5.47. The first-order valence-corrected chi connectivity index (χ1v) is 12.4. The van der Waals surface area contributed by atoms with Gasteiger partial charge in [0.1, 0.15) is 0 Å². The number of hydrogen-bond acceptors (Lipinski definition) is 5. The van der Waals surface area contributed by atoms with Crippen molar-refractivity contribution in [1.29, 1.82) is 0 Å². The summed E-state index contributed by atoms with van der Waals surface area (Å²) in [6, 6.07) is 27.3. The lowest BCUT2D eigenvalue weighted by Gasteiger charge is -2.22. The Morgan fingerprint density at radius 3 is 1.89 bits per heavy atom. The number of ether oxygens (including phenoxy) is 2. The fraction of sp³-hybridized carbons (Fsp3) is 0.226. The van der Waals surface area contributed by atoms with E-state index in [9.17, 15) is 9.59 Å². The van der Waals surface area contributed by atoms with Crippen molar-refractivity contribution < 1.29 is 19.1 Å². The minimum atomic E-state index is -0.509. The van der Waals surface area contributed by atoms with Crippen LogP contribution in [-0.2, 0) is 0 Å². The van der Waals surface area contributed by atoms with E-state index < -0.39 is 11.9 Å². The Kier molecular flexibility index (Phi) is 7.10. The minimum absolute atomic E-state index is 0.213. The number of likely N-dealkylation sites (tertiary alicyclic amines) is 1. The number of esters is 2. The zero-order chi connectivity index (χ0) is 24.9. The first kappa shape index (κ1) is 23.8. The Hall–Kier alpha value is -3.96. The molecule has 5 nitrogen and oxygen atoms in total. The van der Waals surface area contributed by atoms with Crippen LogP contribution in [0.2, 0.25) is 0 Å². The molecule has 1 heterocycles. The van der Waals surface area contributed by atoms with Gasteiger partial charge in [0, 0.05) is 6.54 Å². The molecule has 1 atom stereocenters. The average Bonchev–Trinajstić information content (AvgIpc) is 3.42. The molecule has 0 aromatic heterocycles. The van der Waals surface area contributed by atoms with Gasteiger partial charge in [-0.1, -0.05) is 61.5 Å². The average molecular weight is 480 g/mol. The number of rotatable bonds is 7. The van der Waals surface area contributed by atoms with E-state index in [4.69, 9.17) is 9.47 Å². The van der Waals surface area contributed by atoms with Gasteiger partial charge in [-0.15, -0.1) is 0 Å². The highest BCUT2D eigenvalue weighted by atomic mass is 16.6. The van der Waals surface area contributed by atoms with Gasteiger partial charge in [0.15, 0.2) is 11.5 Å². The summed E-state index contributed by atoms with van der Waals surface area (Å²) in [5.41, 5.74) is 2.02. The molecule has 0 saturated carbocycles. The van der Waals surface area contributed by atoms with E-state index in [-0.39, 0.29) is 11.5 Å². The summed E-state index contributed by atoms with van der Waals surface area (Å²) in [7, 11) is 0. The molecule has 1 aliphatic rings. The molecule has 182 valence electrons. The molecule has 5 heteroatoms. The number of carbonyl (C=O) groups is 2. The van der Waals surface area contributed by atoms with Crippen molar-refractivity contribution in [2.75, 3.05) is 19.6 Å². The van der Waals surface area contributed by atoms with Crippen molar-refractivity contribution in [3.8, 4) is 11.5 Å². The Labute approximate surface area is 211 Å². The van der Waals surface area contributed by atoms with Crippen LogP contribution in [0, 0.1) is 0 Å². The third kappa shape index (κ3) is 5.31. The monoisotopic (exact) mass is 479 g/mol. The maximum Gasteiger partial charge on any atom is 0.343 e. The number of nitrogens with zero attached hydrogens (tertiary/aromatic N) is 1. The number of fused-ring (bicyclic) bond motifs is 1. The van der Waals surface area contributed by atoms with E-state index in [2.05, 4.69) is 17.9 Å². The molecule has 36 heavy (non-hydrogen) atoms. The highest BCUT2D eigenvalue weighted by Crippen LogP contribution is 2.37. The molecular formula is C31H29NO4. The topological polar surface area (TPSA) is 55.8 Å². The second kappa shape index (κ2) is 10.8. The van der Waals surface area contributed by atoms with E-state index in [1.807, 2.05) is 30.3 Å². The highest BCUT2D eigenvalue weighted by molar-refractivity contribution is 5.96. The molecular weight excluding hydrogens is 450 g/mol. The molecule has 4 aromatic carbocycles. The van der Waals surface area contributed by atoms with E-state index in [0.717, 1.165) is 30.4 Å². The van der Waals surface area contributed by atoms with Gasteiger partial charge in [-0.2, -0.15) is 0 Å².